The van der Waals surface area contributed by atoms with Crippen LogP contribution in [0, 0.1) is 6.07 Å². The summed E-state index contributed by atoms with van der Waals surface area (Å²) in [6, 6.07) is 7.99. The SMILES string of the molecule is OS1(O)C=Cc2cc[c]cc21. The third-order valence-corrected chi connectivity index (χ3v) is 3.14. The third-order valence-electron chi connectivity index (χ3n) is 1.62. The summed E-state index contributed by atoms with van der Waals surface area (Å²) in [5.74, 6) is 0. The highest BCUT2D eigenvalue weighted by Crippen LogP contribution is 2.55. The molecule has 0 atom stereocenters. The van der Waals surface area contributed by atoms with Gasteiger partial charge in [-0.1, -0.05) is 12.1 Å². The Hall–Kier alpha value is -0.770. The van der Waals surface area contributed by atoms with E-state index in [2.05, 4.69) is 6.07 Å². The molecule has 0 unspecified atom stereocenters. The van der Waals surface area contributed by atoms with Crippen molar-refractivity contribution in [3.8, 4) is 0 Å². The summed E-state index contributed by atoms with van der Waals surface area (Å²) in [7, 11) is -2.62. The number of hydrogen-bond donors (Lipinski definition) is 2. The molecule has 1 aliphatic rings. The van der Waals surface area contributed by atoms with E-state index in [1.807, 2.05) is 6.07 Å². The van der Waals surface area contributed by atoms with Gasteiger partial charge in [-0.25, -0.2) is 0 Å². The summed E-state index contributed by atoms with van der Waals surface area (Å²) in [5, 5.41) is 1.44. The summed E-state index contributed by atoms with van der Waals surface area (Å²) < 4.78 is 18.8. The molecule has 11 heavy (non-hydrogen) atoms. The Bertz CT molecular complexity index is 318. The van der Waals surface area contributed by atoms with Crippen LogP contribution in [0.15, 0.2) is 28.5 Å². The molecule has 0 amide bonds. The van der Waals surface area contributed by atoms with Crippen molar-refractivity contribution < 1.29 is 9.11 Å². The summed E-state index contributed by atoms with van der Waals surface area (Å²) in [4.78, 5) is 0.583. The first-order valence-corrected chi connectivity index (χ1v) is 4.77. The summed E-state index contributed by atoms with van der Waals surface area (Å²) in [6.45, 7) is 0. The second kappa shape index (κ2) is 2.11. The van der Waals surface area contributed by atoms with Gasteiger partial charge in [0.15, 0.2) is 0 Å². The van der Waals surface area contributed by atoms with E-state index in [9.17, 15) is 9.11 Å². The molecule has 0 aromatic heterocycles. The number of benzene rings is 1. The van der Waals surface area contributed by atoms with Crippen LogP contribution in [0.3, 0.4) is 0 Å². The van der Waals surface area contributed by atoms with Crippen molar-refractivity contribution in [1.82, 2.24) is 0 Å². The molecule has 1 aromatic rings. The molecule has 2 rings (SSSR count). The molecule has 1 radical (unpaired) electrons. The average Bonchev–Trinajstić information content (AvgIpc) is 2.29. The smallest absolute Gasteiger partial charge is 0.0709 e. The van der Waals surface area contributed by atoms with Crippen molar-refractivity contribution in [2.24, 2.45) is 0 Å². The standard InChI is InChI=1S/C8H7O2S/c9-11(10)6-5-7-3-1-2-4-8(7)11/h1,3-6,9-10H. The second-order valence-electron chi connectivity index (χ2n) is 2.36. The Kier molecular flexibility index (Phi) is 1.32. The maximum atomic E-state index is 9.38. The molecule has 2 N–H and O–H groups in total. The van der Waals surface area contributed by atoms with Crippen LogP contribution in [-0.4, -0.2) is 9.11 Å². The normalized spacial score (nSPS) is 21.3. The zero-order valence-electron chi connectivity index (χ0n) is 5.69. The predicted octanol–water partition coefficient (Wildman–Crippen LogP) is 2.58. The van der Waals surface area contributed by atoms with Crippen LogP contribution >= 0.6 is 10.6 Å². The lowest BCUT2D eigenvalue weighted by molar-refractivity contribution is 0.500. The fourth-order valence-corrected chi connectivity index (χ4v) is 2.27. The van der Waals surface area contributed by atoms with Gasteiger partial charge in [-0.2, -0.15) is 0 Å². The lowest BCUT2D eigenvalue weighted by atomic mass is 10.2. The van der Waals surface area contributed by atoms with Gasteiger partial charge in [0.2, 0.25) is 0 Å². The Morgan fingerprint density at radius 3 is 2.91 bits per heavy atom. The molecule has 57 valence electrons. The maximum absolute atomic E-state index is 9.38. The largest absolute Gasteiger partial charge is 0.291 e. The van der Waals surface area contributed by atoms with E-state index >= 15 is 0 Å². The fourth-order valence-electron chi connectivity index (χ4n) is 1.07. The predicted molar refractivity (Wildman–Crippen MR) is 45.4 cm³/mol. The van der Waals surface area contributed by atoms with Crippen LogP contribution < -0.4 is 0 Å². The van der Waals surface area contributed by atoms with E-state index in [4.69, 9.17) is 0 Å². The number of rotatable bonds is 0. The molecule has 0 fully saturated rings. The van der Waals surface area contributed by atoms with Gasteiger partial charge < -0.3 is 0 Å². The Labute approximate surface area is 66.5 Å². The second-order valence-corrected chi connectivity index (χ2v) is 4.26. The zero-order chi connectivity index (χ0) is 7.90. The Morgan fingerprint density at radius 2 is 2.18 bits per heavy atom. The van der Waals surface area contributed by atoms with Crippen molar-refractivity contribution in [1.29, 1.82) is 0 Å². The summed E-state index contributed by atoms with van der Waals surface area (Å²) in [5.41, 5.74) is 0.878. The minimum Gasteiger partial charge on any atom is -0.291 e. The molecular weight excluding hydrogens is 160 g/mol. The number of fused-ring (bicyclic) bond motifs is 1. The van der Waals surface area contributed by atoms with Crippen LogP contribution in [-0.2, 0) is 0 Å². The Morgan fingerprint density at radius 1 is 1.36 bits per heavy atom. The molecule has 0 aliphatic carbocycles. The van der Waals surface area contributed by atoms with E-state index in [1.54, 1.807) is 18.2 Å². The van der Waals surface area contributed by atoms with Gasteiger partial charge in [0.05, 0.1) is 4.90 Å². The van der Waals surface area contributed by atoms with Gasteiger partial charge in [0.1, 0.15) is 0 Å². The van der Waals surface area contributed by atoms with E-state index in [1.165, 1.54) is 5.41 Å². The van der Waals surface area contributed by atoms with E-state index < -0.39 is 10.6 Å². The van der Waals surface area contributed by atoms with Crippen molar-refractivity contribution in [3.63, 3.8) is 0 Å². The lowest BCUT2D eigenvalue weighted by Gasteiger charge is -2.24. The first-order chi connectivity index (χ1) is 5.20. The molecule has 0 bridgehead atoms. The van der Waals surface area contributed by atoms with E-state index in [-0.39, 0.29) is 0 Å². The van der Waals surface area contributed by atoms with Gasteiger partial charge in [0, 0.05) is 5.41 Å². The van der Waals surface area contributed by atoms with Gasteiger partial charge >= 0.3 is 0 Å². The summed E-state index contributed by atoms with van der Waals surface area (Å²) >= 11 is 0. The molecule has 1 aliphatic heterocycles. The van der Waals surface area contributed by atoms with Crippen LogP contribution in [0.1, 0.15) is 5.56 Å². The molecule has 1 heterocycles. The number of hydrogen-bond acceptors (Lipinski definition) is 2. The summed E-state index contributed by atoms with van der Waals surface area (Å²) in [6.07, 6.45) is 1.72. The molecule has 0 saturated carbocycles. The van der Waals surface area contributed by atoms with Crippen molar-refractivity contribution >= 4 is 16.7 Å². The molecule has 0 spiro atoms. The van der Waals surface area contributed by atoms with Gasteiger partial charge in [-0.05, 0) is 23.8 Å². The minimum atomic E-state index is -2.62. The monoisotopic (exact) mass is 167 g/mol. The van der Waals surface area contributed by atoms with Crippen molar-refractivity contribution in [2.45, 2.75) is 4.90 Å². The molecule has 0 saturated heterocycles. The first-order valence-electron chi connectivity index (χ1n) is 3.17. The topological polar surface area (TPSA) is 40.5 Å². The highest BCUT2D eigenvalue weighted by atomic mass is 32.3. The fraction of sp³-hybridized carbons (Fsp3) is 0. The average molecular weight is 167 g/mol. The molecule has 2 nitrogen and oxygen atoms in total. The maximum Gasteiger partial charge on any atom is 0.0709 e. The van der Waals surface area contributed by atoms with Crippen molar-refractivity contribution in [2.75, 3.05) is 0 Å². The third kappa shape index (κ3) is 0.976. The van der Waals surface area contributed by atoms with E-state index in [0.29, 0.717) is 4.90 Å². The van der Waals surface area contributed by atoms with Gasteiger partial charge in [-0.15, -0.1) is 10.6 Å². The first kappa shape index (κ1) is 6.91. The van der Waals surface area contributed by atoms with Crippen LogP contribution in [0.2, 0.25) is 0 Å². The van der Waals surface area contributed by atoms with Crippen LogP contribution in [0.4, 0.5) is 0 Å². The quantitative estimate of drug-likeness (QED) is 0.623. The minimum absolute atomic E-state index is 0.583. The lowest BCUT2D eigenvalue weighted by Crippen LogP contribution is -1.90. The molecular formula is C8H7O2S. The van der Waals surface area contributed by atoms with Crippen molar-refractivity contribution in [3.05, 3.63) is 35.2 Å². The molecule has 1 aromatic carbocycles. The highest BCUT2D eigenvalue weighted by molar-refractivity contribution is 8.27. The van der Waals surface area contributed by atoms with Gasteiger partial charge in [-0.3, -0.25) is 9.11 Å². The van der Waals surface area contributed by atoms with Crippen LogP contribution in [0.5, 0.6) is 0 Å². The van der Waals surface area contributed by atoms with E-state index in [0.717, 1.165) is 5.56 Å². The zero-order valence-corrected chi connectivity index (χ0v) is 6.51. The van der Waals surface area contributed by atoms with Gasteiger partial charge in [0.25, 0.3) is 0 Å². The van der Waals surface area contributed by atoms with Crippen LogP contribution in [0.25, 0.3) is 6.08 Å². The highest BCUT2D eigenvalue weighted by Gasteiger charge is 2.19. The molecule has 3 heteroatoms. The Balaban J connectivity index is 2.64.